The average Bonchev–Trinajstić information content (AvgIpc) is 2.44. The molecule has 0 radical (unpaired) electrons. The fraction of sp³-hybridized carbons (Fsp3) is 0.467. The summed E-state index contributed by atoms with van der Waals surface area (Å²) in [5.74, 6) is -0.252. The lowest BCUT2D eigenvalue weighted by molar-refractivity contribution is -0.121. The molecule has 1 aliphatic heterocycles. The van der Waals surface area contributed by atoms with Crippen LogP contribution < -0.4 is 10.6 Å². The Morgan fingerprint density at radius 2 is 2.00 bits per heavy atom. The van der Waals surface area contributed by atoms with Gasteiger partial charge in [0.15, 0.2) is 0 Å². The van der Waals surface area contributed by atoms with Crippen LogP contribution in [0.2, 0.25) is 0 Å². The molecule has 0 unspecified atom stereocenters. The minimum Gasteiger partial charge on any atom is -0.338 e. The maximum Gasteiger partial charge on any atom is 0.321 e. The van der Waals surface area contributed by atoms with E-state index in [1.807, 2.05) is 19.1 Å². The molecule has 0 aliphatic carbocycles. The fourth-order valence-electron chi connectivity index (χ4n) is 2.34. The molecule has 2 N–H and O–H groups in total. The van der Waals surface area contributed by atoms with Gasteiger partial charge in [0.05, 0.1) is 6.54 Å². The first-order valence-electron chi connectivity index (χ1n) is 7.06. The highest BCUT2D eigenvalue weighted by molar-refractivity contribution is 5.95. The zero-order chi connectivity index (χ0) is 14.4. The van der Waals surface area contributed by atoms with Gasteiger partial charge < -0.3 is 5.32 Å². The lowest BCUT2D eigenvalue weighted by Crippen LogP contribution is -2.45. The van der Waals surface area contributed by atoms with Gasteiger partial charge in [-0.05, 0) is 24.0 Å². The van der Waals surface area contributed by atoms with Crippen LogP contribution in [0.25, 0.3) is 0 Å². The minimum absolute atomic E-state index is 0.252. The van der Waals surface area contributed by atoms with Gasteiger partial charge >= 0.3 is 6.03 Å². The van der Waals surface area contributed by atoms with Gasteiger partial charge in [0.1, 0.15) is 0 Å². The summed E-state index contributed by atoms with van der Waals surface area (Å²) in [7, 11) is 0. The molecule has 5 heteroatoms. The number of rotatable bonds is 4. The molecular formula is C15H21N3O2. The highest BCUT2D eigenvalue weighted by atomic mass is 16.2. The Kier molecular flexibility index (Phi) is 5.12. The van der Waals surface area contributed by atoms with Gasteiger partial charge in [-0.1, -0.05) is 31.2 Å². The normalized spacial score (nSPS) is 14.4. The first-order chi connectivity index (χ1) is 9.69. The third-order valence-electron chi connectivity index (χ3n) is 3.37. The van der Waals surface area contributed by atoms with Crippen molar-refractivity contribution < 1.29 is 9.59 Å². The maximum atomic E-state index is 11.8. The van der Waals surface area contributed by atoms with Gasteiger partial charge in [0, 0.05) is 19.6 Å². The Bertz CT molecular complexity index is 488. The molecule has 108 valence electrons. The van der Waals surface area contributed by atoms with Crippen LogP contribution in [0, 0.1) is 0 Å². The number of fused-ring (bicyclic) bond motifs is 1. The minimum atomic E-state index is -0.408. The monoisotopic (exact) mass is 275 g/mol. The van der Waals surface area contributed by atoms with Crippen LogP contribution >= 0.6 is 0 Å². The largest absolute Gasteiger partial charge is 0.338 e. The molecule has 0 fully saturated rings. The summed E-state index contributed by atoms with van der Waals surface area (Å²) in [5, 5.41) is 4.98. The second-order valence-corrected chi connectivity index (χ2v) is 5.03. The van der Waals surface area contributed by atoms with Crippen LogP contribution in [0.4, 0.5) is 4.79 Å². The molecule has 3 amide bonds. The summed E-state index contributed by atoms with van der Waals surface area (Å²) in [5.41, 5.74) is 2.62. The molecule has 5 nitrogen and oxygen atoms in total. The second-order valence-electron chi connectivity index (χ2n) is 5.03. The van der Waals surface area contributed by atoms with Gasteiger partial charge in [-0.15, -0.1) is 0 Å². The molecule has 1 heterocycles. The summed E-state index contributed by atoms with van der Waals surface area (Å²) in [6.07, 6.45) is 1.80. The van der Waals surface area contributed by atoms with Gasteiger partial charge in [0.25, 0.3) is 0 Å². The van der Waals surface area contributed by atoms with Crippen LogP contribution in [0.15, 0.2) is 24.3 Å². The number of amides is 3. The molecule has 0 saturated carbocycles. The van der Waals surface area contributed by atoms with Crippen molar-refractivity contribution in [2.24, 2.45) is 0 Å². The van der Waals surface area contributed by atoms with E-state index in [0.717, 1.165) is 25.9 Å². The predicted octanol–water partition coefficient (Wildman–Crippen LogP) is 1.28. The third kappa shape index (κ3) is 4.06. The number of nitrogens with one attached hydrogen (secondary N) is 2. The summed E-state index contributed by atoms with van der Waals surface area (Å²) in [6.45, 7) is 4.42. The number of benzene rings is 1. The molecule has 1 aromatic carbocycles. The average molecular weight is 275 g/mol. The summed E-state index contributed by atoms with van der Waals surface area (Å²) in [6, 6.07) is 7.87. The van der Waals surface area contributed by atoms with Gasteiger partial charge in [-0.25, -0.2) is 4.79 Å². The number of hydrogen-bond donors (Lipinski definition) is 2. The fourth-order valence-corrected chi connectivity index (χ4v) is 2.34. The van der Waals surface area contributed by atoms with E-state index >= 15 is 0 Å². The van der Waals surface area contributed by atoms with E-state index in [1.54, 1.807) is 0 Å². The number of carbonyl (C=O) groups excluding carboxylic acids is 2. The van der Waals surface area contributed by atoms with Gasteiger partial charge in [-0.2, -0.15) is 0 Å². The van der Waals surface area contributed by atoms with Crippen LogP contribution in [0.3, 0.4) is 0 Å². The van der Waals surface area contributed by atoms with Crippen LogP contribution in [-0.4, -0.2) is 36.5 Å². The topological polar surface area (TPSA) is 61.4 Å². The molecule has 20 heavy (non-hydrogen) atoms. The summed E-state index contributed by atoms with van der Waals surface area (Å²) in [4.78, 5) is 25.2. The van der Waals surface area contributed by atoms with Crippen LogP contribution in [-0.2, 0) is 17.8 Å². The van der Waals surface area contributed by atoms with E-state index in [-0.39, 0.29) is 12.5 Å². The Labute approximate surface area is 119 Å². The number of urea groups is 1. The van der Waals surface area contributed by atoms with Crippen molar-refractivity contribution in [1.82, 2.24) is 15.5 Å². The molecule has 0 aromatic heterocycles. The SMILES string of the molecule is CCCNC(=O)NC(=O)CN1CCc2ccccc2C1. The van der Waals surface area contributed by atoms with Crippen LogP contribution in [0.5, 0.6) is 0 Å². The van der Waals surface area contributed by atoms with E-state index < -0.39 is 6.03 Å². The number of hydrogen-bond acceptors (Lipinski definition) is 3. The summed E-state index contributed by atoms with van der Waals surface area (Å²) < 4.78 is 0. The Morgan fingerprint density at radius 3 is 2.75 bits per heavy atom. The van der Waals surface area contributed by atoms with Crippen molar-refractivity contribution in [2.45, 2.75) is 26.3 Å². The van der Waals surface area contributed by atoms with Crippen LogP contribution in [0.1, 0.15) is 24.5 Å². The predicted molar refractivity (Wildman–Crippen MR) is 77.3 cm³/mol. The van der Waals surface area contributed by atoms with Crippen molar-refractivity contribution in [3.8, 4) is 0 Å². The zero-order valence-electron chi connectivity index (χ0n) is 11.8. The first kappa shape index (κ1) is 14.5. The molecule has 1 aliphatic rings. The molecule has 1 aromatic rings. The van der Waals surface area contributed by atoms with E-state index in [9.17, 15) is 9.59 Å². The van der Waals surface area contributed by atoms with Crippen molar-refractivity contribution in [3.05, 3.63) is 35.4 Å². The number of imide groups is 1. The standard InChI is InChI=1S/C15H21N3O2/c1-2-8-16-15(20)17-14(19)11-18-9-7-12-5-3-4-6-13(12)10-18/h3-6H,2,7-11H2,1H3,(H2,16,17,19,20). The maximum absolute atomic E-state index is 11.8. The Hall–Kier alpha value is -1.88. The van der Waals surface area contributed by atoms with Crippen molar-refractivity contribution in [3.63, 3.8) is 0 Å². The molecule has 0 atom stereocenters. The highest BCUT2D eigenvalue weighted by Crippen LogP contribution is 2.17. The molecule has 0 saturated heterocycles. The van der Waals surface area contributed by atoms with Crippen molar-refractivity contribution in [2.75, 3.05) is 19.6 Å². The third-order valence-corrected chi connectivity index (χ3v) is 3.37. The van der Waals surface area contributed by atoms with E-state index in [0.29, 0.717) is 6.54 Å². The van der Waals surface area contributed by atoms with Gasteiger partial charge in [0.2, 0.25) is 5.91 Å². The molecular weight excluding hydrogens is 254 g/mol. The van der Waals surface area contributed by atoms with E-state index in [2.05, 4.69) is 27.7 Å². The van der Waals surface area contributed by atoms with Crippen molar-refractivity contribution >= 4 is 11.9 Å². The molecule has 2 rings (SSSR count). The zero-order valence-corrected chi connectivity index (χ0v) is 11.8. The molecule has 0 spiro atoms. The smallest absolute Gasteiger partial charge is 0.321 e. The number of carbonyl (C=O) groups is 2. The Balaban J connectivity index is 1.80. The molecule has 0 bridgehead atoms. The first-order valence-corrected chi connectivity index (χ1v) is 7.06. The Morgan fingerprint density at radius 1 is 1.25 bits per heavy atom. The second kappa shape index (κ2) is 7.05. The summed E-state index contributed by atoms with van der Waals surface area (Å²) >= 11 is 0. The van der Waals surface area contributed by atoms with E-state index in [4.69, 9.17) is 0 Å². The quantitative estimate of drug-likeness (QED) is 0.870. The van der Waals surface area contributed by atoms with Gasteiger partial charge in [-0.3, -0.25) is 15.0 Å². The van der Waals surface area contributed by atoms with Crippen molar-refractivity contribution in [1.29, 1.82) is 0 Å². The highest BCUT2D eigenvalue weighted by Gasteiger charge is 2.18. The lowest BCUT2D eigenvalue weighted by atomic mass is 10.00. The van der Waals surface area contributed by atoms with E-state index in [1.165, 1.54) is 11.1 Å². The lowest BCUT2D eigenvalue weighted by Gasteiger charge is -2.27. The number of nitrogens with zero attached hydrogens (tertiary/aromatic N) is 1.